The number of Topliss-reactive ketones (excluding diaryl/α,β-unsaturated/α-hetero) is 1. The highest BCUT2D eigenvalue weighted by atomic mass is 16.1. The SMILES string of the molecule is Nc1ccc(C(=O)CCCc2ccccc2)nc1. The van der Waals surface area contributed by atoms with Gasteiger partial charge in [-0.05, 0) is 30.5 Å². The Morgan fingerprint density at radius 3 is 2.56 bits per heavy atom. The maximum atomic E-state index is 11.8. The standard InChI is InChI=1S/C15H16N2O/c16-13-9-10-14(17-11-13)15(18)8-4-7-12-5-2-1-3-6-12/h1-3,5-6,9-11H,4,7-8,16H2. The number of aromatic nitrogens is 1. The van der Waals surface area contributed by atoms with Gasteiger partial charge in [0.15, 0.2) is 5.78 Å². The first kappa shape index (κ1) is 12.3. The van der Waals surface area contributed by atoms with Gasteiger partial charge >= 0.3 is 0 Å². The van der Waals surface area contributed by atoms with Crippen molar-refractivity contribution < 1.29 is 4.79 Å². The number of ketones is 1. The molecule has 92 valence electrons. The summed E-state index contributed by atoms with van der Waals surface area (Å²) in [6, 6.07) is 13.6. The molecule has 0 aliphatic carbocycles. The van der Waals surface area contributed by atoms with E-state index in [-0.39, 0.29) is 5.78 Å². The van der Waals surface area contributed by atoms with Crippen LogP contribution in [-0.4, -0.2) is 10.8 Å². The van der Waals surface area contributed by atoms with Crippen LogP contribution in [0.4, 0.5) is 5.69 Å². The molecule has 0 unspecified atom stereocenters. The van der Waals surface area contributed by atoms with E-state index in [9.17, 15) is 4.79 Å². The molecule has 0 amide bonds. The number of anilines is 1. The Morgan fingerprint density at radius 2 is 1.89 bits per heavy atom. The minimum atomic E-state index is 0.0749. The lowest BCUT2D eigenvalue weighted by Gasteiger charge is -2.02. The number of carbonyl (C=O) groups excluding carboxylic acids is 1. The van der Waals surface area contributed by atoms with Crippen molar-refractivity contribution in [3.63, 3.8) is 0 Å². The highest BCUT2D eigenvalue weighted by molar-refractivity contribution is 5.94. The lowest BCUT2D eigenvalue weighted by atomic mass is 10.1. The number of nitrogen functional groups attached to an aromatic ring is 1. The second-order valence-corrected chi connectivity index (χ2v) is 4.24. The number of benzene rings is 1. The lowest BCUT2D eigenvalue weighted by Crippen LogP contribution is -2.03. The van der Waals surface area contributed by atoms with Gasteiger partial charge in [0, 0.05) is 6.42 Å². The van der Waals surface area contributed by atoms with Crippen molar-refractivity contribution in [1.82, 2.24) is 4.98 Å². The molecule has 18 heavy (non-hydrogen) atoms. The molecule has 2 N–H and O–H groups in total. The number of aryl methyl sites for hydroxylation is 1. The molecule has 1 aromatic carbocycles. The highest BCUT2D eigenvalue weighted by Gasteiger charge is 2.06. The fourth-order valence-electron chi connectivity index (χ4n) is 1.80. The summed E-state index contributed by atoms with van der Waals surface area (Å²) in [6.07, 6.45) is 3.80. The van der Waals surface area contributed by atoms with Crippen LogP contribution in [0.5, 0.6) is 0 Å². The van der Waals surface area contributed by atoms with Gasteiger partial charge in [-0.25, -0.2) is 0 Å². The number of hydrogen-bond donors (Lipinski definition) is 1. The highest BCUT2D eigenvalue weighted by Crippen LogP contribution is 2.09. The van der Waals surface area contributed by atoms with E-state index in [1.165, 1.54) is 11.8 Å². The van der Waals surface area contributed by atoms with Gasteiger partial charge in [0.25, 0.3) is 0 Å². The first-order chi connectivity index (χ1) is 8.75. The van der Waals surface area contributed by atoms with Gasteiger partial charge in [-0.2, -0.15) is 0 Å². The topological polar surface area (TPSA) is 56.0 Å². The zero-order valence-electron chi connectivity index (χ0n) is 10.2. The summed E-state index contributed by atoms with van der Waals surface area (Å²) in [5.41, 5.74) is 7.87. The molecule has 3 nitrogen and oxygen atoms in total. The normalized spacial score (nSPS) is 10.2. The van der Waals surface area contributed by atoms with Gasteiger partial charge < -0.3 is 5.73 Å². The second kappa shape index (κ2) is 5.96. The average Bonchev–Trinajstić information content (AvgIpc) is 2.40. The summed E-state index contributed by atoms with van der Waals surface area (Å²) in [7, 11) is 0. The van der Waals surface area contributed by atoms with Gasteiger partial charge in [0.05, 0.1) is 11.9 Å². The van der Waals surface area contributed by atoms with Crippen LogP contribution in [-0.2, 0) is 6.42 Å². The van der Waals surface area contributed by atoms with Gasteiger partial charge in [0.1, 0.15) is 5.69 Å². The molecule has 0 aliphatic rings. The Kier molecular flexibility index (Phi) is 4.07. The fourth-order valence-corrected chi connectivity index (χ4v) is 1.80. The number of rotatable bonds is 5. The third kappa shape index (κ3) is 3.42. The molecule has 1 heterocycles. The molecule has 0 atom stereocenters. The molecule has 0 saturated carbocycles. The summed E-state index contributed by atoms with van der Waals surface area (Å²) in [5, 5.41) is 0. The zero-order chi connectivity index (χ0) is 12.8. The van der Waals surface area contributed by atoms with Crippen LogP contribution in [0, 0.1) is 0 Å². The molecule has 1 aromatic heterocycles. The Morgan fingerprint density at radius 1 is 1.11 bits per heavy atom. The van der Waals surface area contributed by atoms with E-state index >= 15 is 0 Å². The molecule has 0 aliphatic heterocycles. The molecular formula is C15H16N2O. The van der Waals surface area contributed by atoms with E-state index in [0.717, 1.165) is 12.8 Å². The van der Waals surface area contributed by atoms with Crippen molar-refractivity contribution in [2.75, 3.05) is 5.73 Å². The number of pyridine rings is 1. The molecule has 2 rings (SSSR count). The number of nitrogens with two attached hydrogens (primary N) is 1. The first-order valence-electron chi connectivity index (χ1n) is 6.04. The van der Waals surface area contributed by atoms with Crippen molar-refractivity contribution in [3.8, 4) is 0 Å². The molecule has 0 fully saturated rings. The Hall–Kier alpha value is -2.16. The molecule has 0 radical (unpaired) electrons. The third-order valence-electron chi connectivity index (χ3n) is 2.78. The molecule has 0 spiro atoms. The number of hydrogen-bond acceptors (Lipinski definition) is 3. The predicted molar refractivity (Wildman–Crippen MR) is 72.4 cm³/mol. The van der Waals surface area contributed by atoms with Gasteiger partial charge in [-0.15, -0.1) is 0 Å². The zero-order valence-corrected chi connectivity index (χ0v) is 10.2. The maximum Gasteiger partial charge on any atom is 0.181 e. The molecular weight excluding hydrogens is 224 g/mol. The lowest BCUT2D eigenvalue weighted by molar-refractivity contribution is 0.0975. The fraction of sp³-hybridized carbons (Fsp3) is 0.200. The molecule has 3 heteroatoms. The number of nitrogens with zero attached hydrogens (tertiary/aromatic N) is 1. The Balaban J connectivity index is 1.84. The smallest absolute Gasteiger partial charge is 0.181 e. The van der Waals surface area contributed by atoms with Crippen molar-refractivity contribution in [2.24, 2.45) is 0 Å². The monoisotopic (exact) mass is 240 g/mol. The van der Waals surface area contributed by atoms with E-state index < -0.39 is 0 Å². The van der Waals surface area contributed by atoms with E-state index in [4.69, 9.17) is 5.73 Å². The van der Waals surface area contributed by atoms with Crippen LogP contribution in [0.15, 0.2) is 48.7 Å². The van der Waals surface area contributed by atoms with Crippen LogP contribution < -0.4 is 5.73 Å². The minimum absolute atomic E-state index is 0.0749. The van der Waals surface area contributed by atoms with Gasteiger partial charge in [-0.1, -0.05) is 30.3 Å². The van der Waals surface area contributed by atoms with E-state index in [1.807, 2.05) is 18.2 Å². The van der Waals surface area contributed by atoms with E-state index in [2.05, 4.69) is 17.1 Å². The summed E-state index contributed by atoms with van der Waals surface area (Å²) in [5.74, 6) is 0.0749. The maximum absolute atomic E-state index is 11.8. The number of carbonyl (C=O) groups is 1. The largest absolute Gasteiger partial charge is 0.397 e. The second-order valence-electron chi connectivity index (χ2n) is 4.24. The summed E-state index contributed by atoms with van der Waals surface area (Å²) >= 11 is 0. The minimum Gasteiger partial charge on any atom is -0.397 e. The van der Waals surface area contributed by atoms with Crippen LogP contribution in [0.2, 0.25) is 0 Å². The van der Waals surface area contributed by atoms with Gasteiger partial charge in [-0.3, -0.25) is 9.78 Å². The van der Waals surface area contributed by atoms with Crippen LogP contribution in [0.1, 0.15) is 28.9 Å². The summed E-state index contributed by atoms with van der Waals surface area (Å²) in [6.45, 7) is 0. The van der Waals surface area contributed by atoms with Crippen molar-refractivity contribution in [3.05, 3.63) is 59.9 Å². The summed E-state index contributed by atoms with van der Waals surface area (Å²) in [4.78, 5) is 15.9. The third-order valence-corrected chi connectivity index (χ3v) is 2.78. The van der Waals surface area contributed by atoms with Crippen molar-refractivity contribution in [1.29, 1.82) is 0 Å². The van der Waals surface area contributed by atoms with Gasteiger partial charge in [0.2, 0.25) is 0 Å². The molecule has 2 aromatic rings. The predicted octanol–water partition coefficient (Wildman–Crippen LogP) is 2.87. The van der Waals surface area contributed by atoms with Crippen molar-refractivity contribution >= 4 is 11.5 Å². The molecule has 0 saturated heterocycles. The van der Waals surface area contributed by atoms with Crippen LogP contribution in [0.25, 0.3) is 0 Å². The van der Waals surface area contributed by atoms with Crippen molar-refractivity contribution in [2.45, 2.75) is 19.3 Å². The van der Waals surface area contributed by atoms with Crippen LogP contribution >= 0.6 is 0 Å². The van der Waals surface area contributed by atoms with E-state index in [0.29, 0.717) is 17.8 Å². The Bertz CT molecular complexity index is 506. The molecule has 0 bridgehead atoms. The first-order valence-corrected chi connectivity index (χ1v) is 6.04. The Labute approximate surface area is 107 Å². The van der Waals surface area contributed by atoms with Crippen LogP contribution in [0.3, 0.4) is 0 Å². The quantitative estimate of drug-likeness (QED) is 0.817. The summed E-state index contributed by atoms with van der Waals surface area (Å²) < 4.78 is 0. The van der Waals surface area contributed by atoms with E-state index in [1.54, 1.807) is 12.1 Å². The average molecular weight is 240 g/mol.